The largest absolute Gasteiger partial charge is 0.469 e. The molecule has 24 heavy (non-hydrogen) atoms. The van der Waals surface area contributed by atoms with Crippen LogP contribution in [0.2, 0.25) is 5.02 Å². The summed E-state index contributed by atoms with van der Waals surface area (Å²) < 4.78 is 10.4. The van der Waals surface area contributed by atoms with Crippen molar-refractivity contribution in [2.75, 3.05) is 33.4 Å². The summed E-state index contributed by atoms with van der Waals surface area (Å²) in [5, 5.41) is 7.41. The normalized spacial score (nSPS) is 11.5. The first-order chi connectivity index (χ1) is 11.8. The number of nitrogens with zero attached hydrogens (tertiary/aromatic N) is 1. The fourth-order valence-corrected chi connectivity index (χ4v) is 2.28. The molecule has 0 aliphatic rings. The highest BCUT2D eigenvalue weighted by molar-refractivity contribution is 6.30. The number of methoxy groups -OCH3 is 1. The van der Waals surface area contributed by atoms with Gasteiger partial charge in [0.05, 0.1) is 19.4 Å². The van der Waals surface area contributed by atoms with Crippen LogP contribution in [-0.2, 0) is 17.6 Å². The van der Waals surface area contributed by atoms with E-state index in [0.717, 1.165) is 42.7 Å². The number of hydrogen-bond acceptors (Lipinski definition) is 3. The van der Waals surface area contributed by atoms with Crippen molar-refractivity contribution in [3.63, 3.8) is 0 Å². The Morgan fingerprint density at radius 2 is 1.88 bits per heavy atom. The van der Waals surface area contributed by atoms with Gasteiger partial charge >= 0.3 is 0 Å². The number of nitrogens with one attached hydrogen (secondary N) is 2. The van der Waals surface area contributed by atoms with Crippen LogP contribution in [0.1, 0.15) is 11.3 Å². The van der Waals surface area contributed by atoms with Crippen LogP contribution in [0.15, 0.2) is 52.1 Å². The lowest BCUT2D eigenvalue weighted by Gasteiger charge is -2.12. The number of hydrogen-bond donors (Lipinski definition) is 2. The first-order valence-corrected chi connectivity index (χ1v) is 8.43. The fourth-order valence-electron chi connectivity index (χ4n) is 2.16. The maximum absolute atomic E-state index is 5.90. The van der Waals surface area contributed by atoms with Gasteiger partial charge in [0.25, 0.3) is 0 Å². The van der Waals surface area contributed by atoms with E-state index in [4.69, 9.17) is 20.8 Å². The maximum Gasteiger partial charge on any atom is 0.191 e. The molecule has 5 nitrogen and oxygen atoms in total. The number of guanidine groups is 1. The molecule has 0 atom stereocenters. The smallest absolute Gasteiger partial charge is 0.191 e. The van der Waals surface area contributed by atoms with E-state index in [0.29, 0.717) is 13.2 Å². The van der Waals surface area contributed by atoms with Gasteiger partial charge in [-0.2, -0.15) is 0 Å². The average molecular weight is 350 g/mol. The number of benzene rings is 1. The lowest BCUT2D eigenvalue weighted by atomic mass is 10.1. The molecule has 0 amide bonds. The van der Waals surface area contributed by atoms with Crippen LogP contribution in [0.25, 0.3) is 0 Å². The van der Waals surface area contributed by atoms with E-state index in [2.05, 4.69) is 15.6 Å². The molecule has 0 saturated heterocycles. The molecular formula is C18H24ClN3O2. The quantitative estimate of drug-likeness (QED) is 0.415. The SMILES string of the molecule is COCCN=C(NCCc1ccc(Cl)cc1)NCCc1ccco1. The van der Waals surface area contributed by atoms with Crippen LogP contribution in [0.5, 0.6) is 0 Å². The summed E-state index contributed by atoms with van der Waals surface area (Å²) in [6.45, 7) is 2.77. The minimum atomic E-state index is 0.599. The monoisotopic (exact) mass is 349 g/mol. The molecule has 0 aliphatic carbocycles. The number of rotatable bonds is 9. The van der Waals surface area contributed by atoms with Gasteiger partial charge < -0.3 is 19.8 Å². The number of halogens is 1. The zero-order valence-electron chi connectivity index (χ0n) is 13.9. The standard InChI is InChI=1S/C18H24ClN3O2/c1-23-14-12-22-18(21-11-9-17-3-2-13-24-17)20-10-8-15-4-6-16(19)7-5-15/h2-7,13H,8-12,14H2,1H3,(H2,20,21,22). The minimum absolute atomic E-state index is 0.599. The lowest BCUT2D eigenvalue weighted by Crippen LogP contribution is -2.39. The Labute approximate surface area is 148 Å². The van der Waals surface area contributed by atoms with Crippen molar-refractivity contribution in [1.29, 1.82) is 0 Å². The molecule has 1 heterocycles. The van der Waals surface area contributed by atoms with Crippen molar-refractivity contribution in [3.05, 3.63) is 59.0 Å². The van der Waals surface area contributed by atoms with Gasteiger partial charge in [-0.1, -0.05) is 23.7 Å². The highest BCUT2D eigenvalue weighted by atomic mass is 35.5. The summed E-state index contributed by atoms with van der Waals surface area (Å²) in [7, 11) is 1.67. The van der Waals surface area contributed by atoms with E-state index in [1.807, 2.05) is 36.4 Å². The predicted molar refractivity (Wildman–Crippen MR) is 97.8 cm³/mol. The Morgan fingerprint density at radius 3 is 2.54 bits per heavy atom. The summed E-state index contributed by atoms with van der Waals surface area (Å²) in [6, 6.07) is 11.8. The minimum Gasteiger partial charge on any atom is -0.469 e. The molecule has 2 N–H and O–H groups in total. The van der Waals surface area contributed by atoms with Crippen LogP contribution in [0, 0.1) is 0 Å². The van der Waals surface area contributed by atoms with E-state index in [9.17, 15) is 0 Å². The fraction of sp³-hybridized carbons (Fsp3) is 0.389. The Kier molecular flexibility index (Phi) is 8.21. The molecule has 130 valence electrons. The van der Waals surface area contributed by atoms with Gasteiger partial charge in [-0.3, -0.25) is 4.99 Å². The molecule has 0 radical (unpaired) electrons. The molecule has 6 heteroatoms. The first-order valence-electron chi connectivity index (χ1n) is 8.06. The highest BCUT2D eigenvalue weighted by Gasteiger charge is 2.01. The number of furan rings is 1. The van der Waals surface area contributed by atoms with E-state index >= 15 is 0 Å². The van der Waals surface area contributed by atoms with Gasteiger partial charge in [-0.25, -0.2) is 0 Å². The molecule has 0 saturated carbocycles. The molecule has 0 unspecified atom stereocenters. The summed E-state index contributed by atoms with van der Waals surface area (Å²) in [5.74, 6) is 1.74. The zero-order chi connectivity index (χ0) is 17.0. The van der Waals surface area contributed by atoms with Crippen LogP contribution < -0.4 is 10.6 Å². The van der Waals surface area contributed by atoms with Crippen molar-refractivity contribution in [2.45, 2.75) is 12.8 Å². The van der Waals surface area contributed by atoms with Crippen LogP contribution >= 0.6 is 11.6 Å². The Balaban J connectivity index is 1.76. The van der Waals surface area contributed by atoms with Crippen LogP contribution in [-0.4, -0.2) is 39.3 Å². The molecule has 0 aliphatic heterocycles. The van der Waals surface area contributed by atoms with Gasteiger partial charge in [0.1, 0.15) is 5.76 Å². The van der Waals surface area contributed by atoms with Crippen molar-refractivity contribution in [1.82, 2.24) is 10.6 Å². The van der Waals surface area contributed by atoms with E-state index in [-0.39, 0.29) is 0 Å². The Morgan fingerprint density at radius 1 is 1.12 bits per heavy atom. The van der Waals surface area contributed by atoms with Gasteiger partial charge in [0.15, 0.2) is 5.96 Å². The molecule has 1 aromatic carbocycles. The van der Waals surface area contributed by atoms with E-state index in [1.165, 1.54) is 5.56 Å². The van der Waals surface area contributed by atoms with Crippen LogP contribution in [0.4, 0.5) is 0 Å². The highest BCUT2D eigenvalue weighted by Crippen LogP contribution is 2.09. The molecular weight excluding hydrogens is 326 g/mol. The van der Waals surface area contributed by atoms with Gasteiger partial charge in [-0.15, -0.1) is 0 Å². The van der Waals surface area contributed by atoms with Crippen molar-refractivity contribution in [3.8, 4) is 0 Å². The second-order valence-electron chi connectivity index (χ2n) is 5.28. The topological polar surface area (TPSA) is 58.8 Å². The molecule has 1 aromatic heterocycles. The maximum atomic E-state index is 5.90. The number of aliphatic imine (C=N–C) groups is 1. The van der Waals surface area contributed by atoms with Crippen LogP contribution in [0.3, 0.4) is 0 Å². The first kappa shape index (κ1) is 18.4. The number of ether oxygens (including phenoxy) is 1. The van der Waals surface area contributed by atoms with Gasteiger partial charge in [0.2, 0.25) is 0 Å². The van der Waals surface area contributed by atoms with E-state index < -0.39 is 0 Å². The third-order valence-corrected chi connectivity index (χ3v) is 3.68. The second kappa shape index (κ2) is 10.7. The third-order valence-electron chi connectivity index (χ3n) is 3.43. The average Bonchev–Trinajstić information content (AvgIpc) is 3.10. The lowest BCUT2D eigenvalue weighted by molar-refractivity contribution is 0.208. The Bertz CT molecular complexity index is 597. The van der Waals surface area contributed by atoms with Gasteiger partial charge in [0, 0.05) is 31.6 Å². The molecule has 0 spiro atoms. The Hall–Kier alpha value is -1.98. The van der Waals surface area contributed by atoms with Crippen molar-refractivity contribution in [2.24, 2.45) is 4.99 Å². The molecule has 0 bridgehead atoms. The zero-order valence-corrected chi connectivity index (χ0v) is 14.7. The second-order valence-corrected chi connectivity index (χ2v) is 5.72. The molecule has 0 fully saturated rings. The van der Waals surface area contributed by atoms with E-state index in [1.54, 1.807) is 13.4 Å². The summed E-state index contributed by atoms with van der Waals surface area (Å²) in [4.78, 5) is 4.50. The van der Waals surface area contributed by atoms with Gasteiger partial charge in [-0.05, 0) is 36.2 Å². The molecule has 2 aromatic rings. The molecule has 2 rings (SSSR count). The third kappa shape index (κ3) is 7.06. The summed E-state index contributed by atoms with van der Waals surface area (Å²) in [6.07, 6.45) is 3.41. The predicted octanol–water partition coefficient (Wildman–Crippen LogP) is 2.90. The van der Waals surface area contributed by atoms with Crippen molar-refractivity contribution >= 4 is 17.6 Å². The summed E-state index contributed by atoms with van der Waals surface area (Å²) >= 11 is 5.90. The van der Waals surface area contributed by atoms with Crippen molar-refractivity contribution < 1.29 is 9.15 Å². The summed E-state index contributed by atoms with van der Waals surface area (Å²) in [5.41, 5.74) is 1.23.